The number of benzene rings is 1. The van der Waals surface area contributed by atoms with Crippen molar-refractivity contribution in [3.05, 3.63) is 35.5 Å². The van der Waals surface area contributed by atoms with Gasteiger partial charge in [-0.15, -0.1) is 0 Å². The number of carbonyl (C=O) groups excluding carboxylic acids is 2. The van der Waals surface area contributed by atoms with E-state index in [0.29, 0.717) is 29.2 Å². The number of aliphatic hydroxyl groups excluding tert-OH is 1. The molecule has 0 aliphatic heterocycles. The van der Waals surface area contributed by atoms with E-state index in [1.165, 1.54) is 11.0 Å². The fourth-order valence-corrected chi connectivity index (χ4v) is 3.75. The van der Waals surface area contributed by atoms with Crippen LogP contribution in [0.1, 0.15) is 72.1 Å². The Kier molecular flexibility index (Phi) is 6.89. The normalized spacial score (nSPS) is 14.8. The summed E-state index contributed by atoms with van der Waals surface area (Å²) in [7, 11) is 0. The van der Waals surface area contributed by atoms with Crippen LogP contribution in [-0.2, 0) is 22.6 Å². The summed E-state index contributed by atoms with van der Waals surface area (Å²) in [5.74, 6) is 0.447. The van der Waals surface area contributed by atoms with E-state index in [4.69, 9.17) is 9.47 Å². The zero-order valence-corrected chi connectivity index (χ0v) is 20.1. The second-order valence-corrected chi connectivity index (χ2v) is 10.7. The molecule has 176 valence electrons. The average molecular weight is 445 g/mol. The van der Waals surface area contributed by atoms with Crippen molar-refractivity contribution in [2.75, 3.05) is 6.54 Å². The number of nitrogens with zero attached hydrogens (tertiary/aromatic N) is 2. The number of rotatable bonds is 5. The molecule has 7 nitrogen and oxygen atoms in total. The van der Waals surface area contributed by atoms with E-state index in [-0.39, 0.29) is 19.2 Å². The van der Waals surface area contributed by atoms with E-state index in [0.717, 1.165) is 18.2 Å². The molecule has 1 amide bonds. The first kappa shape index (κ1) is 24.1. The fourth-order valence-electron chi connectivity index (χ4n) is 3.75. The highest BCUT2D eigenvalue weighted by atomic mass is 16.6. The number of aromatic nitrogens is 1. The van der Waals surface area contributed by atoms with Crippen molar-refractivity contribution in [1.29, 1.82) is 0 Å². The monoisotopic (exact) mass is 444 g/mol. The number of amides is 1. The molecule has 0 radical (unpaired) electrons. The summed E-state index contributed by atoms with van der Waals surface area (Å²) in [5.41, 5.74) is 0.715. The molecule has 32 heavy (non-hydrogen) atoms. The number of fused-ring (bicyclic) bond motifs is 1. The first-order chi connectivity index (χ1) is 14.9. The molecule has 1 aromatic heterocycles. The highest BCUT2D eigenvalue weighted by molar-refractivity contribution is 5.91. The van der Waals surface area contributed by atoms with Crippen LogP contribution in [0.2, 0.25) is 0 Å². The molecule has 1 heterocycles. The third-order valence-electron chi connectivity index (χ3n) is 5.41. The molecular weight excluding hydrogens is 408 g/mol. The maximum atomic E-state index is 13.2. The molecule has 7 heteroatoms. The Balaban J connectivity index is 2.00. The molecule has 0 spiro atoms. The van der Waals surface area contributed by atoms with Gasteiger partial charge in [-0.25, -0.2) is 14.2 Å². The van der Waals surface area contributed by atoms with Crippen molar-refractivity contribution in [2.45, 2.75) is 85.2 Å². The van der Waals surface area contributed by atoms with Crippen LogP contribution < -0.4 is 0 Å². The van der Waals surface area contributed by atoms with Gasteiger partial charge < -0.3 is 19.5 Å². The molecule has 1 aliphatic rings. The number of ether oxygens (including phenoxy) is 2. The van der Waals surface area contributed by atoms with Crippen LogP contribution in [0.4, 0.5) is 9.59 Å². The van der Waals surface area contributed by atoms with E-state index in [9.17, 15) is 14.7 Å². The van der Waals surface area contributed by atoms with Crippen LogP contribution >= 0.6 is 0 Å². The lowest BCUT2D eigenvalue weighted by Crippen LogP contribution is -2.41. The topological polar surface area (TPSA) is 81.0 Å². The standard InChI is InChI=1S/C25H36N2O5/c1-24(2,3)31-22(29)26(14-17-8-7-9-17)15-20-13-19-11-10-18(16-28)12-21(19)27(20)23(30)32-25(4,5)6/h10-13,17,28H,7-9,14-16H2,1-6H3. The van der Waals surface area contributed by atoms with Gasteiger partial charge in [0.25, 0.3) is 0 Å². The Hall–Kier alpha value is -2.54. The molecule has 1 aromatic carbocycles. The predicted molar refractivity (Wildman–Crippen MR) is 123 cm³/mol. The molecule has 0 saturated heterocycles. The Bertz CT molecular complexity index is 977. The van der Waals surface area contributed by atoms with Gasteiger partial charge in [-0.3, -0.25) is 0 Å². The summed E-state index contributed by atoms with van der Waals surface area (Å²) in [4.78, 5) is 27.9. The molecule has 2 aromatic rings. The molecule has 0 atom stereocenters. The predicted octanol–water partition coefficient (Wildman–Crippen LogP) is 5.45. The van der Waals surface area contributed by atoms with E-state index in [2.05, 4.69) is 0 Å². The summed E-state index contributed by atoms with van der Waals surface area (Å²) >= 11 is 0. The lowest BCUT2D eigenvalue weighted by Gasteiger charge is -2.33. The van der Waals surface area contributed by atoms with Crippen molar-refractivity contribution in [3.8, 4) is 0 Å². The third-order valence-corrected chi connectivity index (χ3v) is 5.41. The summed E-state index contributed by atoms with van der Waals surface area (Å²) in [6.45, 7) is 11.7. The first-order valence-corrected chi connectivity index (χ1v) is 11.3. The van der Waals surface area contributed by atoms with Crippen LogP contribution in [0.25, 0.3) is 10.9 Å². The van der Waals surface area contributed by atoms with Gasteiger partial charge in [-0.05, 0) is 78.0 Å². The van der Waals surface area contributed by atoms with Gasteiger partial charge in [0.2, 0.25) is 0 Å². The van der Waals surface area contributed by atoms with Crippen LogP contribution in [0, 0.1) is 5.92 Å². The second kappa shape index (κ2) is 9.14. The highest BCUT2D eigenvalue weighted by Gasteiger charge is 2.30. The molecule has 1 aliphatic carbocycles. The minimum Gasteiger partial charge on any atom is -0.444 e. The minimum atomic E-state index is -0.670. The average Bonchev–Trinajstić information content (AvgIpc) is 2.97. The molecule has 3 rings (SSSR count). The zero-order chi connectivity index (χ0) is 23.7. The van der Waals surface area contributed by atoms with E-state index >= 15 is 0 Å². The van der Waals surface area contributed by atoms with Crippen LogP contribution in [0.5, 0.6) is 0 Å². The van der Waals surface area contributed by atoms with Crippen LogP contribution in [0.3, 0.4) is 0 Å². The van der Waals surface area contributed by atoms with Crippen molar-refractivity contribution in [2.24, 2.45) is 5.92 Å². The summed E-state index contributed by atoms with van der Waals surface area (Å²) < 4.78 is 12.8. The van der Waals surface area contributed by atoms with Crippen LogP contribution in [-0.4, -0.2) is 44.5 Å². The third kappa shape index (κ3) is 6.03. The minimum absolute atomic E-state index is 0.128. The van der Waals surface area contributed by atoms with Crippen molar-refractivity contribution >= 4 is 23.1 Å². The molecule has 0 bridgehead atoms. The van der Waals surface area contributed by atoms with Gasteiger partial charge in [0.05, 0.1) is 18.7 Å². The van der Waals surface area contributed by atoms with E-state index in [1.807, 2.05) is 59.7 Å². The first-order valence-electron chi connectivity index (χ1n) is 11.3. The SMILES string of the molecule is CC(C)(C)OC(=O)N(Cc1cc2ccc(CO)cc2n1C(=O)OC(C)(C)C)CC1CCC1. The second-order valence-electron chi connectivity index (χ2n) is 10.7. The number of hydrogen-bond acceptors (Lipinski definition) is 5. The van der Waals surface area contributed by atoms with E-state index in [1.54, 1.807) is 11.0 Å². The summed E-state index contributed by atoms with van der Waals surface area (Å²) in [6, 6.07) is 7.38. The maximum Gasteiger partial charge on any atom is 0.419 e. The van der Waals surface area contributed by atoms with Gasteiger partial charge in [0, 0.05) is 17.6 Å². The zero-order valence-electron chi connectivity index (χ0n) is 20.1. The molecule has 1 N–H and O–H groups in total. The Labute approximate surface area is 190 Å². The number of aliphatic hydroxyl groups is 1. The highest BCUT2D eigenvalue weighted by Crippen LogP contribution is 2.30. The van der Waals surface area contributed by atoms with Gasteiger partial charge in [0.1, 0.15) is 11.2 Å². The van der Waals surface area contributed by atoms with Crippen molar-refractivity contribution < 1.29 is 24.2 Å². The summed E-state index contributed by atoms with van der Waals surface area (Å²) in [5, 5.41) is 10.4. The quantitative estimate of drug-likeness (QED) is 0.663. The Morgan fingerprint density at radius 2 is 1.72 bits per heavy atom. The summed E-state index contributed by atoms with van der Waals surface area (Å²) in [6.07, 6.45) is 2.46. The Morgan fingerprint density at radius 1 is 1.06 bits per heavy atom. The fraction of sp³-hybridized carbons (Fsp3) is 0.600. The van der Waals surface area contributed by atoms with E-state index < -0.39 is 17.3 Å². The Morgan fingerprint density at radius 3 is 2.25 bits per heavy atom. The van der Waals surface area contributed by atoms with Gasteiger partial charge in [-0.2, -0.15) is 0 Å². The van der Waals surface area contributed by atoms with Crippen LogP contribution in [0.15, 0.2) is 24.3 Å². The molecular formula is C25H36N2O5. The van der Waals surface area contributed by atoms with Gasteiger partial charge in [0.15, 0.2) is 0 Å². The molecule has 1 saturated carbocycles. The lowest BCUT2D eigenvalue weighted by atomic mass is 9.85. The van der Waals surface area contributed by atoms with Crippen molar-refractivity contribution in [1.82, 2.24) is 9.47 Å². The smallest absolute Gasteiger partial charge is 0.419 e. The van der Waals surface area contributed by atoms with Gasteiger partial charge in [-0.1, -0.05) is 18.6 Å². The largest absolute Gasteiger partial charge is 0.444 e. The molecule has 0 unspecified atom stereocenters. The number of hydrogen-bond donors (Lipinski definition) is 1. The maximum absolute atomic E-state index is 13.2. The van der Waals surface area contributed by atoms with Gasteiger partial charge >= 0.3 is 12.2 Å². The number of carbonyl (C=O) groups is 2. The molecule has 1 fully saturated rings. The lowest BCUT2D eigenvalue weighted by molar-refractivity contribution is 0.0163. The van der Waals surface area contributed by atoms with Crippen molar-refractivity contribution in [3.63, 3.8) is 0 Å².